The van der Waals surface area contributed by atoms with Gasteiger partial charge in [0.25, 0.3) is 0 Å². The van der Waals surface area contributed by atoms with Crippen LogP contribution in [0.25, 0.3) is 6.08 Å². The van der Waals surface area contributed by atoms with Crippen molar-refractivity contribution in [2.75, 3.05) is 5.32 Å². The molecule has 2 rings (SSSR count). The maximum atomic E-state index is 10.9. The van der Waals surface area contributed by atoms with Crippen molar-refractivity contribution in [2.24, 2.45) is 0 Å². The SMILES string of the molecule is O=C(O)C1CCC=Cc2ccccc2N1. The smallest absolute Gasteiger partial charge is 0.326 e. The second-order valence-electron chi connectivity index (χ2n) is 3.60. The van der Waals surface area contributed by atoms with E-state index in [1.165, 1.54) is 0 Å². The third-order valence-corrected chi connectivity index (χ3v) is 2.51. The second-order valence-corrected chi connectivity index (χ2v) is 3.60. The molecule has 0 saturated carbocycles. The Labute approximate surface area is 88.4 Å². The lowest BCUT2D eigenvalue weighted by Crippen LogP contribution is -2.29. The molecule has 1 aliphatic rings. The number of nitrogens with one attached hydrogen (secondary N) is 1. The molecule has 3 nitrogen and oxygen atoms in total. The summed E-state index contributed by atoms with van der Waals surface area (Å²) in [6.07, 6.45) is 5.47. The third-order valence-electron chi connectivity index (χ3n) is 2.51. The van der Waals surface area contributed by atoms with Crippen LogP contribution in [0.1, 0.15) is 18.4 Å². The van der Waals surface area contributed by atoms with Gasteiger partial charge in [0.05, 0.1) is 0 Å². The van der Waals surface area contributed by atoms with Gasteiger partial charge in [-0.15, -0.1) is 0 Å². The Morgan fingerprint density at radius 2 is 2.20 bits per heavy atom. The van der Waals surface area contributed by atoms with Gasteiger partial charge in [-0.3, -0.25) is 0 Å². The molecule has 1 aromatic rings. The first-order chi connectivity index (χ1) is 7.27. The van der Waals surface area contributed by atoms with E-state index in [4.69, 9.17) is 5.11 Å². The summed E-state index contributed by atoms with van der Waals surface area (Å²) >= 11 is 0. The molecule has 0 spiro atoms. The zero-order valence-corrected chi connectivity index (χ0v) is 8.31. The van der Waals surface area contributed by atoms with Crippen molar-refractivity contribution in [3.05, 3.63) is 35.9 Å². The Hall–Kier alpha value is -1.77. The summed E-state index contributed by atoms with van der Waals surface area (Å²) in [5.74, 6) is -0.792. The highest BCUT2D eigenvalue weighted by molar-refractivity contribution is 5.79. The van der Waals surface area contributed by atoms with Crippen LogP contribution in [0.4, 0.5) is 5.69 Å². The van der Waals surface area contributed by atoms with Gasteiger partial charge in [0.2, 0.25) is 0 Å². The Kier molecular flexibility index (Phi) is 2.72. The minimum absolute atomic E-state index is 0.490. The monoisotopic (exact) mass is 203 g/mol. The van der Waals surface area contributed by atoms with Crippen LogP contribution >= 0.6 is 0 Å². The number of carboxylic acid groups (broad SMARTS) is 1. The molecule has 0 fully saturated rings. The zero-order valence-electron chi connectivity index (χ0n) is 8.31. The summed E-state index contributed by atoms with van der Waals surface area (Å²) in [4.78, 5) is 10.9. The molecule has 0 aliphatic carbocycles. The molecule has 2 N–H and O–H groups in total. The molecule has 0 aromatic heterocycles. The molecule has 78 valence electrons. The van der Waals surface area contributed by atoms with E-state index in [-0.39, 0.29) is 0 Å². The fourth-order valence-corrected chi connectivity index (χ4v) is 1.69. The average molecular weight is 203 g/mol. The van der Waals surface area contributed by atoms with Gasteiger partial charge in [0.1, 0.15) is 6.04 Å². The van der Waals surface area contributed by atoms with Crippen molar-refractivity contribution in [1.29, 1.82) is 0 Å². The molecule has 1 aromatic carbocycles. The highest BCUT2D eigenvalue weighted by Gasteiger charge is 2.18. The number of allylic oxidation sites excluding steroid dienone is 1. The number of hydrogen-bond acceptors (Lipinski definition) is 2. The molecular formula is C12H13NO2. The average Bonchev–Trinajstić information content (AvgIpc) is 2.18. The number of carboxylic acids is 1. The lowest BCUT2D eigenvalue weighted by molar-refractivity contribution is -0.138. The Morgan fingerprint density at radius 3 is 3.00 bits per heavy atom. The number of fused-ring (bicyclic) bond motifs is 1. The molecule has 0 saturated heterocycles. The van der Waals surface area contributed by atoms with Crippen molar-refractivity contribution in [3.63, 3.8) is 0 Å². The van der Waals surface area contributed by atoms with E-state index in [2.05, 4.69) is 5.32 Å². The Morgan fingerprint density at radius 1 is 1.40 bits per heavy atom. The lowest BCUT2D eigenvalue weighted by Gasteiger charge is -2.18. The lowest BCUT2D eigenvalue weighted by atomic mass is 10.0. The first-order valence-corrected chi connectivity index (χ1v) is 5.02. The van der Waals surface area contributed by atoms with Crippen molar-refractivity contribution >= 4 is 17.7 Å². The van der Waals surface area contributed by atoms with Gasteiger partial charge in [-0.2, -0.15) is 0 Å². The minimum Gasteiger partial charge on any atom is -0.480 e. The predicted octanol–water partition coefficient (Wildman–Crippen LogP) is 2.36. The van der Waals surface area contributed by atoms with E-state index in [1.807, 2.05) is 36.4 Å². The van der Waals surface area contributed by atoms with Gasteiger partial charge in [0, 0.05) is 5.69 Å². The summed E-state index contributed by atoms with van der Waals surface area (Å²) in [6, 6.07) is 7.24. The van der Waals surface area contributed by atoms with Crippen LogP contribution in [-0.2, 0) is 4.79 Å². The van der Waals surface area contributed by atoms with Crippen LogP contribution in [0.5, 0.6) is 0 Å². The number of aliphatic carboxylic acids is 1. The molecule has 3 heteroatoms. The highest BCUT2D eigenvalue weighted by atomic mass is 16.4. The van der Waals surface area contributed by atoms with Crippen LogP contribution in [-0.4, -0.2) is 17.1 Å². The van der Waals surface area contributed by atoms with Crippen molar-refractivity contribution in [2.45, 2.75) is 18.9 Å². The Balaban J connectivity index is 2.32. The van der Waals surface area contributed by atoms with Crippen LogP contribution in [0.3, 0.4) is 0 Å². The van der Waals surface area contributed by atoms with Crippen LogP contribution in [0.2, 0.25) is 0 Å². The number of hydrogen-bond donors (Lipinski definition) is 2. The van der Waals surface area contributed by atoms with Crippen LogP contribution < -0.4 is 5.32 Å². The van der Waals surface area contributed by atoms with Gasteiger partial charge >= 0.3 is 5.97 Å². The topological polar surface area (TPSA) is 49.3 Å². The van der Waals surface area contributed by atoms with E-state index < -0.39 is 12.0 Å². The fraction of sp³-hybridized carbons (Fsp3) is 0.250. The first kappa shape index (κ1) is 9.77. The number of carbonyl (C=O) groups is 1. The minimum atomic E-state index is -0.792. The predicted molar refractivity (Wildman–Crippen MR) is 59.8 cm³/mol. The largest absolute Gasteiger partial charge is 0.480 e. The van der Waals surface area contributed by atoms with Gasteiger partial charge in [-0.05, 0) is 24.5 Å². The third kappa shape index (κ3) is 2.18. The maximum absolute atomic E-state index is 10.9. The van der Waals surface area contributed by atoms with E-state index in [0.29, 0.717) is 6.42 Å². The van der Waals surface area contributed by atoms with Crippen LogP contribution in [0.15, 0.2) is 30.3 Å². The molecule has 1 heterocycles. The molecule has 0 bridgehead atoms. The summed E-state index contributed by atoms with van der Waals surface area (Å²) in [5, 5.41) is 12.0. The standard InChI is InChI=1S/C12H13NO2/c14-12(15)11-8-4-2-6-9-5-1-3-7-10(9)13-11/h1-3,5-7,11,13H,4,8H2,(H,14,15). The molecule has 0 amide bonds. The zero-order chi connectivity index (χ0) is 10.7. The molecule has 1 aliphatic heterocycles. The summed E-state index contributed by atoms with van der Waals surface area (Å²) < 4.78 is 0. The van der Waals surface area contributed by atoms with E-state index >= 15 is 0 Å². The van der Waals surface area contributed by atoms with E-state index in [1.54, 1.807) is 0 Å². The number of rotatable bonds is 1. The molecule has 0 radical (unpaired) electrons. The molecular weight excluding hydrogens is 190 g/mol. The van der Waals surface area contributed by atoms with E-state index in [9.17, 15) is 4.79 Å². The van der Waals surface area contributed by atoms with Crippen LogP contribution in [0, 0.1) is 0 Å². The summed E-state index contributed by atoms with van der Waals surface area (Å²) in [6.45, 7) is 0. The number of benzene rings is 1. The molecule has 1 unspecified atom stereocenters. The van der Waals surface area contributed by atoms with Crippen molar-refractivity contribution in [1.82, 2.24) is 0 Å². The summed E-state index contributed by atoms with van der Waals surface area (Å²) in [7, 11) is 0. The van der Waals surface area contributed by atoms with E-state index in [0.717, 1.165) is 17.7 Å². The van der Waals surface area contributed by atoms with Crippen molar-refractivity contribution < 1.29 is 9.90 Å². The van der Waals surface area contributed by atoms with Gasteiger partial charge in [0.15, 0.2) is 0 Å². The Bertz CT molecular complexity index is 398. The quantitative estimate of drug-likeness (QED) is 0.736. The van der Waals surface area contributed by atoms with Crippen molar-refractivity contribution in [3.8, 4) is 0 Å². The van der Waals surface area contributed by atoms with Gasteiger partial charge in [-0.1, -0.05) is 30.4 Å². The highest BCUT2D eigenvalue weighted by Crippen LogP contribution is 2.21. The van der Waals surface area contributed by atoms with Gasteiger partial charge < -0.3 is 10.4 Å². The number of para-hydroxylation sites is 1. The number of anilines is 1. The second kappa shape index (κ2) is 4.17. The molecule has 1 atom stereocenters. The molecule has 15 heavy (non-hydrogen) atoms. The summed E-state index contributed by atoms with van der Waals surface area (Å²) in [5.41, 5.74) is 1.93. The normalized spacial score (nSPS) is 19.6. The fourth-order valence-electron chi connectivity index (χ4n) is 1.69. The maximum Gasteiger partial charge on any atom is 0.326 e. The first-order valence-electron chi connectivity index (χ1n) is 5.02. The van der Waals surface area contributed by atoms with Gasteiger partial charge in [-0.25, -0.2) is 4.79 Å².